The molecule has 0 bridgehead atoms. The third kappa shape index (κ3) is 4.91. The Labute approximate surface area is 115 Å². The van der Waals surface area contributed by atoms with Crippen LogP contribution >= 0.6 is 22.6 Å². The van der Waals surface area contributed by atoms with Crippen molar-refractivity contribution in [2.24, 2.45) is 0 Å². The molecule has 1 atom stereocenters. The average molecular weight is 348 g/mol. The molecule has 0 heterocycles. The Bertz CT molecular complexity index is 396. The Morgan fingerprint density at radius 3 is 2.82 bits per heavy atom. The van der Waals surface area contributed by atoms with Crippen LogP contribution < -0.4 is 10.6 Å². The van der Waals surface area contributed by atoms with Crippen molar-refractivity contribution in [1.29, 1.82) is 0 Å². The molecule has 1 aromatic rings. The molecular formula is C12H17IN2O2. The number of amides is 2. The van der Waals surface area contributed by atoms with Gasteiger partial charge < -0.3 is 15.4 Å². The third-order valence-electron chi connectivity index (χ3n) is 2.39. The molecule has 0 fully saturated rings. The number of rotatable bonds is 4. The maximum Gasteiger partial charge on any atom is 0.319 e. The van der Waals surface area contributed by atoms with Crippen LogP contribution in [0.1, 0.15) is 12.5 Å². The van der Waals surface area contributed by atoms with Crippen molar-refractivity contribution in [3.63, 3.8) is 0 Å². The van der Waals surface area contributed by atoms with Gasteiger partial charge in [-0.25, -0.2) is 4.79 Å². The van der Waals surface area contributed by atoms with E-state index < -0.39 is 0 Å². The van der Waals surface area contributed by atoms with Gasteiger partial charge >= 0.3 is 6.03 Å². The molecule has 1 rings (SSSR count). The third-order valence-corrected chi connectivity index (χ3v) is 3.06. The molecule has 0 unspecified atom stereocenters. The summed E-state index contributed by atoms with van der Waals surface area (Å²) in [7, 11) is 1.62. The Morgan fingerprint density at radius 1 is 1.53 bits per heavy atom. The van der Waals surface area contributed by atoms with E-state index in [0.717, 1.165) is 14.8 Å². The lowest BCUT2D eigenvalue weighted by atomic mass is 10.2. The van der Waals surface area contributed by atoms with Crippen LogP contribution in [0.2, 0.25) is 0 Å². The summed E-state index contributed by atoms with van der Waals surface area (Å²) < 4.78 is 6.20. The summed E-state index contributed by atoms with van der Waals surface area (Å²) in [6.45, 7) is 4.36. The van der Waals surface area contributed by atoms with Crippen LogP contribution in [-0.4, -0.2) is 25.8 Å². The first-order valence-corrected chi connectivity index (χ1v) is 6.44. The van der Waals surface area contributed by atoms with Gasteiger partial charge in [-0.15, -0.1) is 0 Å². The SMILES string of the molecule is CO[C@@H](C)CNC(=O)Nc1ccc(I)cc1C. The van der Waals surface area contributed by atoms with E-state index in [0.29, 0.717) is 6.54 Å². The summed E-state index contributed by atoms with van der Waals surface area (Å²) in [4.78, 5) is 11.6. The molecule has 0 aliphatic heterocycles. The van der Waals surface area contributed by atoms with Crippen molar-refractivity contribution in [1.82, 2.24) is 5.32 Å². The van der Waals surface area contributed by atoms with Gasteiger partial charge in [-0.2, -0.15) is 0 Å². The fourth-order valence-electron chi connectivity index (χ4n) is 1.25. The molecule has 0 aliphatic carbocycles. The highest BCUT2D eigenvalue weighted by Crippen LogP contribution is 2.17. The van der Waals surface area contributed by atoms with Gasteiger partial charge in [-0.3, -0.25) is 0 Å². The molecule has 5 heteroatoms. The fraction of sp³-hybridized carbons (Fsp3) is 0.417. The highest BCUT2D eigenvalue weighted by atomic mass is 127. The lowest BCUT2D eigenvalue weighted by molar-refractivity contribution is 0.119. The minimum absolute atomic E-state index is 0.0126. The van der Waals surface area contributed by atoms with E-state index >= 15 is 0 Å². The number of urea groups is 1. The normalized spacial score (nSPS) is 12.0. The van der Waals surface area contributed by atoms with Crippen molar-refractivity contribution >= 4 is 34.3 Å². The van der Waals surface area contributed by atoms with E-state index in [9.17, 15) is 4.79 Å². The first-order chi connectivity index (χ1) is 8.02. The first kappa shape index (κ1) is 14.2. The Kier molecular flexibility index (Phi) is 5.70. The van der Waals surface area contributed by atoms with Crippen molar-refractivity contribution in [2.45, 2.75) is 20.0 Å². The van der Waals surface area contributed by atoms with Crippen LogP contribution in [0, 0.1) is 10.5 Å². The number of carbonyl (C=O) groups excluding carboxylic acids is 1. The first-order valence-electron chi connectivity index (χ1n) is 5.36. The van der Waals surface area contributed by atoms with Crippen LogP contribution in [0.4, 0.5) is 10.5 Å². The number of anilines is 1. The molecule has 17 heavy (non-hydrogen) atoms. The van der Waals surface area contributed by atoms with Crippen LogP contribution in [0.5, 0.6) is 0 Å². The van der Waals surface area contributed by atoms with Gasteiger partial charge in [0, 0.05) is 22.9 Å². The standard InChI is InChI=1S/C12H17IN2O2/c1-8-6-10(13)4-5-11(8)15-12(16)14-7-9(2)17-3/h4-6,9H,7H2,1-3H3,(H2,14,15,16)/t9-/m0/s1. The quantitative estimate of drug-likeness (QED) is 0.823. The smallest absolute Gasteiger partial charge is 0.319 e. The van der Waals surface area contributed by atoms with Crippen molar-refractivity contribution in [2.75, 3.05) is 19.0 Å². The Balaban J connectivity index is 2.50. The second-order valence-corrected chi connectivity index (χ2v) is 5.09. The predicted octanol–water partition coefficient (Wildman–Crippen LogP) is 2.76. The van der Waals surface area contributed by atoms with Gasteiger partial charge in [-0.05, 0) is 60.2 Å². The molecule has 0 aliphatic rings. The number of hydrogen-bond acceptors (Lipinski definition) is 2. The Morgan fingerprint density at radius 2 is 2.24 bits per heavy atom. The average Bonchev–Trinajstić information content (AvgIpc) is 2.29. The number of nitrogens with one attached hydrogen (secondary N) is 2. The van der Waals surface area contributed by atoms with Crippen molar-refractivity contribution < 1.29 is 9.53 Å². The van der Waals surface area contributed by atoms with E-state index in [2.05, 4.69) is 33.2 Å². The lowest BCUT2D eigenvalue weighted by Gasteiger charge is -2.13. The highest BCUT2D eigenvalue weighted by molar-refractivity contribution is 14.1. The lowest BCUT2D eigenvalue weighted by Crippen LogP contribution is -2.35. The molecule has 0 aromatic heterocycles. The van der Waals surface area contributed by atoms with Crippen molar-refractivity contribution in [3.8, 4) is 0 Å². The van der Waals surface area contributed by atoms with Gasteiger partial charge in [-0.1, -0.05) is 0 Å². The van der Waals surface area contributed by atoms with Crippen molar-refractivity contribution in [3.05, 3.63) is 27.3 Å². The summed E-state index contributed by atoms with van der Waals surface area (Å²) in [5, 5.41) is 5.55. The predicted molar refractivity (Wildman–Crippen MR) is 77.4 cm³/mol. The molecule has 4 nitrogen and oxygen atoms in total. The number of halogens is 1. The summed E-state index contributed by atoms with van der Waals surface area (Å²) in [5.41, 5.74) is 1.87. The minimum Gasteiger partial charge on any atom is -0.380 e. The van der Waals surface area contributed by atoms with Crippen LogP contribution in [0.25, 0.3) is 0 Å². The molecule has 2 N–H and O–H groups in total. The maximum absolute atomic E-state index is 11.6. The van der Waals surface area contributed by atoms with E-state index in [4.69, 9.17) is 4.74 Å². The molecule has 0 spiro atoms. The molecule has 1 aromatic carbocycles. The van der Waals surface area contributed by atoms with Gasteiger partial charge in [0.15, 0.2) is 0 Å². The molecular weight excluding hydrogens is 331 g/mol. The zero-order chi connectivity index (χ0) is 12.8. The highest BCUT2D eigenvalue weighted by Gasteiger charge is 2.06. The number of hydrogen-bond donors (Lipinski definition) is 2. The second kappa shape index (κ2) is 6.80. The summed E-state index contributed by atoms with van der Waals surface area (Å²) in [6.07, 6.45) is 0.0126. The summed E-state index contributed by atoms with van der Waals surface area (Å²) in [6, 6.07) is 5.67. The Hall–Kier alpha value is -0.820. The molecule has 2 amide bonds. The number of carbonyl (C=O) groups is 1. The van der Waals surface area contributed by atoms with Gasteiger partial charge in [0.1, 0.15) is 0 Å². The molecule has 0 radical (unpaired) electrons. The number of ether oxygens (including phenoxy) is 1. The van der Waals surface area contributed by atoms with Gasteiger partial charge in [0.25, 0.3) is 0 Å². The maximum atomic E-state index is 11.6. The van der Waals surface area contributed by atoms with E-state index in [1.807, 2.05) is 32.0 Å². The molecule has 0 saturated heterocycles. The minimum atomic E-state index is -0.210. The van der Waals surface area contributed by atoms with Crippen LogP contribution in [-0.2, 0) is 4.74 Å². The monoisotopic (exact) mass is 348 g/mol. The fourth-order valence-corrected chi connectivity index (χ4v) is 1.90. The zero-order valence-corrected chi connectivity index (χ0v) is 12.4. The summed E-state index contributed by atoms with van der Waals surface area (Å²) >= 11 is 2.24. The second-order valence-electron chi connectivity index (χ2n) is 3.84. The number of benzene rings is 1. The zero-order valence-electron chi connectivity index (χ0n) is 10.2. The topological polar surface area (TPSA) is 50.4 Å². The largest absolute Gasteiger partial charge is 0.380 e. The van der Waals surface area contributed by atoms with Crippen LogP contribution in [0.3, 0.4) is 0 Å². The molecule has 94 valence electrons. The molecule has 0 saturated carbocycles. The van der Waals surface area contributed by atoms with Crippen LogP contribution in [0.15, 0.2) is 18.2 Å². The van der Waals surface area contributed by atoms with E-state index in [-0.39, 0.29) is 12.1 Å². The number of aryl methyl sites for hydroxylation is 1. The van der Waals surface area contributed by atoms with E-state index in [1.165, 1.54) is 0 Å². The summed E-state index contributed by atoms with van der Waals surface area (Å²) in [5.74, 6) is 0. The van der Waals surface area contributed by atoms with Gasteiger partial charge in [0.2, 0.25) is 0 Å². The van der Waals surface area contributed by atoms with Gasteiger partial charge in [0.05, 0.1) is 6.10 Å². The van der Waals surface area contributed by atoms with E-state index in [1.54, 1.807) is 7.11 Å². The number of methoxy groups -OCH3 is 1.